The fraction of sp³-hybridized carbons (Fsp3) is 0.360. The lowest BCUT2D eigenvalue weighted by Crippen LogP contribution is -2.54. The van der Waals surface area contributed by atoms with Gasteiger partial charge in [-0.1, -0.05) is 41.8 Å². The maximum Gasteiger partial charge on any atom is 0.323 e. The number of aromatic nitrogens is 3. The Hall–Kier alpha value is -14.6. The van der Waals surface area contributed by atoms with Crippen molar-refractivity contribution in [2.45, 2.75) is 142 Å². The molecule has 786 valence electrons. The minimum Gasteiger partial charge on any atom is -0.495 e. The van der Waals surface area contributed by atoms with Gasteiger partial charge in [-0.25, -0.2) is 36.1 Å². The van der Waals surface area contributed by atoms with E-state index >= 15 is 0 Å². The number of halogens is 8. The minimum absolute atomic E-state index is 0.0749. The second-order valence-corrected chi connectivity index (χ2v) is 38.9. The van der Waals surface area contributed by atoms with Crippen molar-refractivity contribution < 1.29 is 83.4 Å². The van der Waals surface area contributed by atoms with Gasteiger partial charge in [0, 0.05) is 198 Å². The zero-order chi connectivity index (χ0) is 106. The van der Waals surface area contributed by atoms with Crippen molar-refractivity contribution in [1.29, 1.82) is 0 Å². The third kappa shape index (κ3) is 23.2. The molecule has 0 spiro atoms. The maximum atomic E-state index is 15.0. The second kappa shape index (κ2) is 47.1. The first kappa shape index (κ1) is 107. The number of amides is 5. The van der Waals surface area contributed by atoms with Gasteiger partial charge in [0.25, 0.3) is 17.7 Å². The number of nitrogens with one attached hydrogen (secondary N) is 7. The molecule has 11 aromatic rings. The summed E-state index contributed by atoms with van der Waals surface area (Å²) in [7, 11) is 10.9. The van der Waals surface area contributed by atoms with Crippen LogP contribution in [0.2, 0.25) is 10.0 Å². The molecule has 0 radical (unpaired) electrons. The summed E-state index contributed by atoms with van der Waals surface area (Å²) in [5, 5.41) is 22.9. The molecule has 0 bridgehead atoms. The van der Waals surface area contributed by atoms with E-state index in [1.54, 1.807) is 74.9 Å². The molecule has 31 nitrogen and oxygen atoms in total. The highest BCUT2D eigenvalue weighted by atomic mass is 35.5. The molecule has 9 aliphatic rings. The molecular weight excluding hydrogens is 1980 g/mol. The molecule has 9 aliphatic heterocycles. The summed E-state index contributed by atoms with van der Waals surface area (Å²) in [5.74, 6) is -4.41. The van der Waals surface area contributed by atoms with Crippen LogP contribution in [0.4, 0.5) is 48.2 Å². The van der Waals surface area contributed by atoms with Crippen molar-refractivity contribution in [1.82, 2.24) is 62.0 Å². The SMILES string of the molecule is COc1cc(OC)c(Cl)c(-c2ccc3c(c2)CN=C3NC(=O)N2CCC(N3CCCCC3)CC2)c1Cl.COc1cc(OC)c(F)c(-c2cc3c(cn2)C(NC(=O)c2ccc(N4C[C@@H](C)N[C@@H](C)C4)cc2)=NC3)c1F.COc1cc(OC)c(F)c(-c2ccc3c(n2)CN=C3NC(=O)c2ccc(N3C[C@@H](C)N[C@@H](C)C3)cc2)c1F.COc1cc(OC)c(F)c(-c2cnc3c(c2)CN=C3NC(=O)c2ccc(N3C[C@@H](C)N[C@@H](C)C3)cc2)c1F. The van der Waals surface area contributed by atoms with Gasteiger partial charge in [-0.05, 0) is 200 Å². The number of ether oxygens (including phenoxy) is 8. The molecule has 5 amide bonds. The van der Waals surface area contributed by atoms with Gasteiger partial charge in [-0.3, -0.25) is 49.6 Å². The first-order valence-corrected chi connectivity index (χ1v) is 50.4. The minimum atomic E-state index is -0.876. The highest BCUT2D eigenvalue weighted by Gasteiger charge is 2.36. The molecule has 5 saturated heterocycles. The van der Waals surface area contributed by atoms with E-state index < -0.39 is 34.9 Å². The van der Waals surface area contributed by atoms with Crippen LogP contribution in [0.3, 0.4) is 0 Å². The molecule has 8 aromatic carbocycles. The average molecular weight is 2100 g/mol. The fourth-order valence-electron chi connectivity index (χ4n) is 20.5. The smallest absolute Gasteiger partial charge is 0.323 e. The number of amidine groups is 4. The molecule has 12 heterocycles. The summed E-state index contributed by atoms with van der Waals surface area (Å²) < 4.78 is 131. The van der Waals surface area contributed by atoms with Gasteiger partial charge in [-0.2, -0.15) is 0 Å². The van der Waals surface area contributed by atoms with Gasteiger partial charge in [0.2, 0.25) is 0 Å². The molecule has 0 aliphatic carbocycles. The van der Waals surface area contributed by atoms with Crippen molar-refractivity contribution in [3.05, 3.63) is 258 Å². The lowest BCUT2D eigenvalue weighted by Gasteiger charge is -2.40. The Labute approximate surface area is 876 Å². The number of likely N-dealkylation sites (tertiary alicyclic amines) is 2. The Balaban J connectivity index is 0.000000136. The molecule has 7 N–H and O–H groups in total. The Morgan fingerprint density at radius 1 is 0.353 bits per heavy atom. The number of aliphatic imine (C=N–C) groups is 4. The number of nitrogens with zero attached hydrogens (tertiary/aromatic N) is 12. The van der Waals surface area contributed by atoms with Crippen LogP contribution in [-0.2, 0) is 26.2 Å². The van der Waals surface area contributed by atoms with E-state index in [-0.39, 0.29) is 112 Å². The third-order valence-corrected chi connectivity index (χ3v) is 28.5. The Kier molecular flexibility index (Phi) is 33.5. The summed E-state index contributed by atoms with van der Waals surface area (Å²) in [6.45, 7) is 23.4. The van der Waals surface area contributed by atoms with Gasteiger partial charge in [-0.15, -0.1) is 0 Å². The largest absolute Gasteiger partial charge is 0.495 e. The Morgan fingerprint density at radius 2 is 0.720 bits per heavy atom. The molecule has 0 unspecified atom stereocenters. The molecule has 6 atom stereocenters. The Bertz CT molecular complexity index is 6410. The highest BCUT2D eigenvalue weighted by Crippen LogP contribution is 2.48. The number of anilines is 3. The third-order valence-electron chi connectivity index (χ3n) is 27.8. The maximum absolute atomic E-state index is 15.0. The summed E-state index contributed by atoms with van der Waals surface area (Å²) >= 11 is 13.2. The number of hydrogen-bond acceptors (Lipinski definition) is 26. The molecule has 5 fully saturated rings. The van der Waals surface area contributed by atoms with Gasteiger partial charge >= 0.3 is 6.03 Å². The number of pyridine rings is 3. The molecule has 3 aromatic heterocycles. The van der Waals surface area contributed by atoms with Crippen LogP contribution in [-0.4, -0.2) is 236 Å². The van der Waals surface area contributed by atoms with E-state index in [2.05, 4.69) is 133 Å². The summed E-state index contributed by atoms with van der Waals surface area (Å²) in [5.41, 5.74) is 10.9. The number of carbonyl (C=O) groups excluding carboxylic acids is 4. The first-order valence-electron chi connectivity index (χ1n) is 49.6. The second-order valence-electron chi connectivity index (χ2n) is 38.2. The van der Waals surface area contributed by atoms with E-state index in [1.165, 1.54) is 93.5 Å². The number of benzene rings is 8. The van der Waals surface area contributed by atoms with E-state index in [4.69, 9.17) is 61.1 Å². The number of methoxy groups -OCH3 is 8. The number of rotatable bonds is 19. The predicted molar refractivity (Wildman–Crippen MR) is 567 cm³/mol. The molecule has 20 rings (SSSR count). The molecular formula is C111H119Cl2F6N19O12. The van der Waals surface area contributed by atoms with Gasteiger partial charge < -0.3 is 94.3 Å². The Morgan fingerprint density at radius 3 is 1.16 bits per heavy atom. The van der Waals surface area contributed by atoms with E-state index in [0.29, 0.717) is 150 Å². The van der Waals surface area contributed by atoms with Crippen molar-refractivity contribution in [2.24, 2.45) is 20.0 Å². The number of fused-ring (bicyclic) bond motifs is 4. The normalized spacial score (nSPS) is 18.6. The van der Waals surface area contributed by atoms with Gasteiger partial charge in [0.1, 0.15) is 34.7 Å². The summed E-state index contributed by atoms with van der Waals surface area (Å²) in [6.07, 6.45) is 8.80. The van der Waals surface area contributed by atoms with Crippen molar-refractivity contribution in [2.75, 3.05) is 137 Å². The number of piperidine rings is 2. The molecule has 39 heteroatoms. The summed E-state index contributed by atoms with van der Waals surface area (Å²) in [6, 6.07) is 42.6. The number of carbonyl (C=O) groups is 4. The van der Waals surface area contributed by atoms with Crippen LogP contribution in [0, 0.1) is 34.9 Å². The summed E-state index contributed by atoms with van der Waals surface area (Å²) in [4.78, 5) is 94.2. The van der Waals surface area contributed by atoms with E-state index in [1.807, 2.05) is 59.5 Å². The highest BCUT2D eigenvalue weighted by molar-refractivity contribution is 6.41. The van der Waals surface area contributed by atoms with Crippen LogP contribution in [0.1, 0.15) is 149 Å². The van der Waals surface area contributed by atoms with Crippen LogP contribution in [0.25, 0.3) is 44.8 Å². The van der Waals surface area contributed by atoms with E-state index in [9.17, 15) is 45.5 Å². The van der Waals surface area contributed by atoms with Gasteiger partial charge in [0.05, 0.1) is 127 Å². The number of urea groups is 1. The van der Waals surface area contributed by atoms with E-state index in [0.717, 1.165) is 117 Å². The standard InChI is InChI=1S/3C28H29F2N5O3.C27H32Cl2N4O3/c1-15-13-35(14-16(2)33-15)20-7-5-17(6-8-20)28(36)34-27-26-19(12-32-27)9-18(11-31-26)23-24(29)21(37-3)10-22(38-4)25(23)30;1-15-13-35(14-16(2)33-15)19-7-5-17(6-8-19)28(36)34-27-20-12-31-21(9-18(20)11-32-27)24-25(29)22(37-3)10-23(38-4)26(24)30;1-15-13-35(14-16(2)32-15)18-7-5-17(6-8-18)28(36)34-27-19-9-10-20(33-21(19)12-31-27)24-25(29)22(37-3)11-23(38-4)26(24)30;1-35-21-15-22(36-2)25(29)23(24(21)28)17-6-7-20-18(14-17)16-30-26(20)31-27(34)33-12-8-19(9-13-33)32-10-4-3-5-11-32/h5-11,15-16,33H,12-14H2,1-4H3,(H,32,34,36);5-10,12,15-16,33H,11,13-14H2,1-4H3,(H,32,34,36);5-11,15-16,32H,12-14H2,1-4H3,(H,31,34,36);6-7,14-15,19H,3-5,8-13,16H2,1-2H3,(H,30,31,34)/t3*15-,16+;. The lowest BCUT2D eigenvalue weighted by atomic mass is 9.99. The van der Waals surface area contributed by atoms with Crippen molar-refractivity contribution >= 4 is 87.4 Å². The van der Waals surface area contributed by atoms with Gasteiger partial charge in [0.15, 0.2) is 75.2 Å². The lowest BCUT2D eigenvalue weighted by molar-refractivity contribution is 0.0968. The van der Waals surface area contributed by atoms with Crippen LogP contribution in [0.15, 0.2) is 172 Å². The van der Waals surface area contributed by atoms with Crippen molar-refractivity contribution in [3.63, 3.8) is 0 Å². The predicted octanol–water partition coefficient (Wildman–Crippen LogP) is 17.4. The average Bonchev–Trinajstić information content (AvgIpc) is 1.36. The zero-order valence-corrected chi connectivity index (χ0v) is 87.2. The molecule has 150 heavy (non-hydrogen) atoms. The van der Waals surface area contributed by atoms with Crippen LogP contribution in [0.5, 0.6) is 46.0 Å². The quantitative estimate of drug-likeness (QED) is 0.0370. The van der Waals surface area contributed by atoms with Crippen LogP contribution >= 0.6 is 23.2 Å². The number of piperazine rings is 3. The zero-order valence-electron chi connectivity index (χ0n) is 85.7. The van der Waals surface area contributed by atoms with Crippen molar-refractivity contribution in [3.8, 4) is 90.8 Å². The van der Waals surface area contributed by atoms with Crippen LogP contribution < -0.4 is 89.8 Å². The first-order chi connectivity index (χ1) is 72.3. The number of hydrogen-bond donors (Lipinski definition) is 7. The molecule has 0 saturated carbocycles. The monoisotopic (exact) mass is 2090 g/mol. The topological polar surface area (TPSA) is 331 Å². The fourth-order valence-corrected chi connectivity index (χ4v) is 21.2.